The third-order valence-corrected chi connectivity index (χ3v) is 4.31. The summed E-state index contributed by atoms with van der Waals surface area (Å²) in [6.07, 6.45) is -0.0227. The Labute approximate surface area is 90.9 Å². The Morgan fingerprint density at radius 3 is 2.00 bits per heavy atom. The van der Waals surface area contributed by atoms with E-state index in [1.807, 2.05) is 0 Å². The normalized spacial score (nSPS) is 15.3. The largest absolute Gasteiger partial charge is 0.379 e. The van der Waals surface area contributed by atoms with Crippen molar-refractivity contribution < 1.29 is 18.0 Å². The first-order chi connectivity index (χ1) is 6.99. The molecule has 0 heterocycles. The maximum absolute atomic E-state index is 14.3. The van der Waals surface area contributed by atoms with E-state index in [1.165, 1.54) is 6.92 Å². The molecule has 0 radical (unpaired) electrons. The summed E-state index contributed by atoms with van der Waals surface area (Å²) in [6, 6.07) is 0. The maximum Gasteiger partial charge on any atom is 0.379 e. The van der Waals surface area contributed by atoms with Gasteiger partial charge in [-0.2, -0.15) is 0 Å². The molecular weight excluding hydrogens is 218 g/mol. The van der Waals surface area contributed by atoms with E-state index in [2.05, 4.69) is 11.8 Å². The number of rotatable bonds is 6. The van der Waals surface area contributed by atoms with Crippen LogP contribution in [0.4, 0.5) is 4.39 Å². The van der Waals surface area contributed by atoms with Crippen molar-refractivity contribution in [3.63, 3.8) is 0 Å². The van der Waals surface area contributed by atoms with Gasteiger partial charge in [0.15, 0.2) is 0 Å². The second-order valence-electron chi connectivity index (χ2n) is 2.82. The first-order valence-electron chi connectivity index (χ1n) is 5.01. The fourth-order valence-corrected chi connectivity index (χ4v) is 2.92. The maximum atomic E-state index is 14.3. The van der Waals surface area contributed by atoms with Gasteiger partial charge in [-0.05, 0) is 20.8 Å². The van der Waals surface area contributed by atoms with Crippen molar-refractivity contribution in [2.75, 3.05) is 13.2 Å². The quantitative estimate of drug-likeness (QED) is 0.524. The van der Waals surface area contributed by atoms with Crippen LogP contribution in [0, 0.1) is 11.8 Å². The first-order valence-corrected chi connectivity index (χ1v) is 6.56. The van der Waals surface area contributed by atoms with Crippen LogP contribution in [0.3, 0.4) is 0 Å². The van der Waals surface area contributed by atoms with Gasteiger partial charge >= 0.3 is 7.60 Å². The molecule has 0 aliphatic carbocycles. The van der Waals surface area contributed by atoms with Crippen LogP contribution in [0.5, 0.6) is 0 Å². The molecule has 0 spiro atoms. The summed E-state index contributed by atoms with van der Waals surface area (Å²) in [5, 5.41) is -2.20. The zero-order chi connectivity index (χ0) is 11.9. The van der Waals surface area contributed by atoms with E-state index in [0.29, 0.717) is 0 Å². The van der Waals surface area contributed by atoms with Crippen LogP contribution < -0.4 is 0 Å². The lowest BCUT2D eigenvalue weighted by atomic mass is 10.3. The standard InChI is InChI=1S/C10H18FO3P/c1-5-9-10(11,6-2)15(12,13-7-3)14-8-4/h6-8H2,1-4H3. The predicted molar refractivity (Wildman–Crippen MR) is 58.4 cm³/mol. The van der Waals surface area contributed by atoms with Gasteiger partial charge in [0.05, 0.1) is 13.2 Å². The van der Waals surface area contributed by atoms with Crippen molar-refractivity contribution in [1.82, 2.24) is 0 Å². The van der Waals surface area contributed by atoms with Crippen molar-refractivity contribution in [2.24, 2.45) is 0 Å². The highest BCUT2D eigenvalue weighted by Crippen LogP contribution is 2.62. The lowest BCUT2D eigenvalue weighted by Crippen LogP contribution is -2.23. The highest BCUT2D eigenvalue weighted by molar-refractivity contribution is 7.55. The Hall–Kier alpha value is -0.360. The van der Waals surface area contributed by atoms with Crippen molar-refractivity contribution in [1.29, 1.82) is 0 Å². The molecule has 0 aliphatic rings. The molecule has 3 nitrogen and oxygen atoms in total. The van der Waals surface area contributed by atoms with E-state index in [0.717, 1.165) is 0 Å². The molecule has 0 N–H and O–H groups in total. The molecule has 0 aromatic heterocycles. The van der Waals surface area contributed by atoms with Gasteiger partial charge in [0, 0.05) is 6.42 Å². The molecule has 0 bridgehead atoms. The monoisotopic (exact) mass is 236 g/mol. The van der Waals surface area contributed by atoms with E-state index < -0.39 is 13.0 Å². The van der Waals surface area contributed by atoms with Crippen LogP contribution in [0.2, 0.25) is 0 Å². The predicted octanol–water partition coefficient (Wildman–Crippen LogP) is 3.35. The molecule has 0 amide bonds. The van der Waals surface area contributed by atoms with Crippen molar-refractivity contribution >= 4 is 7.60 Å². The molecular formula is C10H18FO3P. The number of alkyl halides is 1. The summed E-state index contributed by atoms with van der Waals surface area (Å²) in [7, 11) is -3.80. The van der Waals surface area contributed by atoms with Crippen molar-refractivity contribution in [2.45, 2.75) is 39.5 Å². The van der Waals surface area contributed by atoms with Crippen LogP contribution in [-0.2, 0) is 13.6 Å². The highest BCUT2D eigenvalue weighted by atomic mass is 31.2. The fourth-order valence-electron chi connectivity index (χ4n) is 1.12. The molecule has 1 atom stereocenters. The van der Waals surface area contributed by atoms with Gasteiger partial charge in [0.1, 0.15) is 0 Å². The van der Waals surface area contributed by atoms with Crippen LogP contribution in [0.15, 0.2) is 0 Å². The molecule has 88 valence electrons. The van der Waals surface area contributed by atoms with Crippen LogP contribution >= 0.6 is 7.60 Å². The van der Waals surface area contributed by atoms with E-state index in [9.17, 15) is 8.96 Å². The van der Waals surface area contributed by atoms with Gasteiger partial charge in [-0.25, -0.2) is 4.39 Å². The number of hydrogen-bond acceptors (Lipinski definition) is 3. The summed E-state index contributed by atoms with van der Waals surface area (Å²) in [5.41, 5.74) is 0. The molecule has 0 rings (SSSR count). The van der Waals surface area contributed by atoms with Crippen molar-refractivity contribution in [3.8, 4) is 11.8 Å². The molecule has 0 aromatic carbocycles. The molecule has 0 aromatic rings. The van der Waals surface area contributed by atoms with Gasteiger partial charge in [-0.1, -0.05) is 12.8 Å². The van der Waals surface area contributed by atoms with Gasteiger partial charge in [0.2, 0.25) is 0 Å². The van der Waals surface area contributed by atoms with E-state index in [-0.39, 0.29) is 19.6 Å². The van der Waals surface area contributed by atoms with Crippen LogP contribution in [0.1, 0.15) is 34.1 Å². The Balaban J connectivity index is 5.15. The number of hydrogen-bond donors (Lipinski definition) is 0. The van der Waals surface area contributed by atoms with Gasteiger partial charge < -0.3 is 9.05 Å². The summed E-state index contributed by atoms with van der Waals surface area (Å²) in [5.74, 6) is 4.71. The lowest BCUT2D eigenvalue weighted by molar-refractivity contribution is 0.166. The Bertz CT molecular complexity index is 285. The summed E-state index contributed by atoms with van der Waals surface area (Å²) < 4.78 is 36.3. The van der Waals surface area contributed by atoms with Gasteiger partial charge in [-0.15, -0.1) is 5.92 Å². The Morgan fingerprint density at radius 1 is 1.27 bits per heavy atom. The molecule has 1 unspecified atom stereocenters. The van der Waals surface area contributed by atoms with Gasteiger partial charge in [-0.3, -0.25) is 4.57 Å². The minimum absolute atomic E-state index is 0.0227. The van der Waals surface area contributed by atoms with Gasteiger partial charge in [0.25, 0.3) is 5.41 Å². The topological polar surface area (TPSA) is 35.5 Å². The first kappa shape index (κ1) is 14.6. The number of halogens is 1. The zero-order valence-corrected chi connectivity index (χ0v) is 10.6. The highest BCUT2D eigenvalue weighted by Gasteiger charge is 2.49. The second kappa shape index (κ2) is 6.27. The van der Waals surface area contributed by atoms with Crippen LogP contribution in [-0.4, -0.2) is 18.6 Å². The fraction of sp³-hybridized carbons (Fsp3) is 0.800. The average molecular weight is 236 g/mol. The molecule has 0 saturated carbocycles. The minimum atomic E-state index is -3.80. The molecule has 0 saturated heterocycles. The summed E-state index contributed by atoms with van der Waals surface area (Å²) in [6.45, 7) is 6.60. The molecule has 0 aliphatic heterocycles. The third kappa shape index (κ3) is 3.31. The second-order valence-corrected chi connectivity index (χ2v) is 5.04. The zero-order valence-electron chi connectivity index (χ0n) is 9.67. The Kier molecular flexibility index (Phi) is 6.12. The average Bonchev–Trinajstić information content (AvgIpc) is 2.18. The van der Waals surface area contributed by atoms with E-state index >= 15 is 0 Å². The summed E-state index contributed by atoms with van der Waals surface area (Å²) >= 11 is 0. The molecule has 0 fully saturated rings. The third-order valence-electron chi connectivity index (χ3n) is 1.82. The van der Waals surface area contributed by atoms with E-state index in [4.69, 9.17) is 9.05 Å². The minimum Gasteiger partial charge on any atom is -0.306 e. The van der Waals surface area contributed by atoms with Crippen molar-refractivity contribution in [3.05, 3.63) is 0 Å². The SMILES string of the molecule is CC#CC(F)(CC)P(=O)(OCC)OCC. The lowest BCUT2D eigenvalue weighted by Gasteiger charge is -2.27. The van der Waals surface area contributed by atoms with Crippen LogP contribution in [0.25, 0.3) is 0 Å². The smallest absolute Gasteiger partial charge is 0.306 e. The Morgan fingerprint density at radius 2 is 1.73 bits per heavy atom. The van der Waals surface area contributed by atoms with E-state index in [1.54, 1.807) is 20.8 Å². The summed E-state index contributed by atoms with van der Waals surface area (Å²) in [4.78, 5) is 0. The molecule has 5 heteroatoms. The molecule has 15 heavy (non-hydrogen) atoms.